The first-order chi connectivity index (χ1) is 9.40. The van der Waals surface area contributed by atoms with E-state index in [4.69, 9.17) is 4.74 Å². The van der Waals surface area contributed by atoms with E-state index in [2.05, 4.69) is 6.07 Å². The highest BCUT2D eigenvalue weighted by atomic mass is 16.6. The average molecular weight is 278 g/mol. The van der Waals surface area contributed by atoms with E-state index in [1.54, 1.807) is 4.90 Å². The quantitative estimate of drug-likeness (QED) is 0.776. The molecule has 0 spiro atoms. The summed E-state index contributed by atoms with van der Waals surface area (Å²) >= 11 is 0. The number of hydrogen-bond donors (Lipinski definition) is 0. The van der Waals surface area contributed by atoms with Crippen LogP contribution < -0.4 is 0 Å². The van der Waals surface area contributed by atoms with Crippen LogP contribution in [-0.2, 0) is 4.74 Å². The van der Waals surface area contributed by atoms with Crippen molar-refractivity contribution in [3.05, 3.63) is 0 Å². The Labute approximate surface area is 122 Å². The number of amides is 1. The number of nitrogens with zero attached hydrogens (tertiary/aromatic N) is 2. The number of rotatable bonds is 2. The van der Waals surface area contributed by atoms with E-state index in [0.29, 0.717) is 11.8 Å². The van der Waals surface area contributed by atoms with Gasteiger partial charge in [0.05, 0.1) is 12.0 Å². The lowest BCUT2D eigenvalue weighted by Crippen LogP contribution is -2.43. The molecule has 1 amide bonds. The molecule has 1 atom stereocenters. The third-order valence-corrected chi connectivity index (χ3v) is 4.51. The largest absolute Gasteiger partial charge is 0.444 e. The number of hydrogen-bond acceptors (Lipinski definition) is 3. The molecule has 1 heterocycles. The first-order valence-electron chi connectivity index (χ1n) is 7.78. The monoisotopic (exact) mass is 278 g/mol. The average Bonchev–Trinajstić information content (AvgIpc) is 2.31. The van der Waals surface area contributed by atoms with Gasteiger partial charge in [-0.25, -0.2) is 4.79 Å². The van der Waals surface area contributed by atoms with Crippen LogP contribution >= 0.6 is 0 Å². The summed E-state index contributed by atoms with van der Waals surface area (Å²) in [4.78, 5) is 13.8. The van der Waals surface area contributed by atoms with Gasteiger partial charge in [0.15, 0.2) is 0 Å². The van der Waals surface area contributed by atoms with Gasteiger partial charge in [-0.05, 0) is 58.3 Å². The number of carbonyl (C=O) groups is 1. The molecule has 112 valence electrons. The van der Waals surface area contributed by atoms with Crippen molar-refractivity contribution in [2.45, 2.75) is 58.5 Å². The Morgan fingerprint density at radius 1 is 1.20 bits per heavy atom. The molecule has 1 aliphatic heterocycles. The smallest absolute Gasteiger partial charge is 0.410 e. The van der Waals surface area contributed by atoms with Crippen molar-refractivity contribution in [3.63, 3.8) is 0 Å². The molecule has 2 rings (SSSR count). The van der Waals surface area contributed by atoms with Crippen LogP contribution in [0, 0.1) is 29.1 Å². The molecule has 4 heteroatoms. The molecule has 0 radical (unpaired) electrons. The molecule has 1 unspecified atom stereocenters. The van der Waals surface area contributed by atoms with Crippen molar-refractivity contribution in [2.24, 2.45) is 17.8 Å². The summed E-state index contributed by atoms with van der Waals surface area (Å²) in [5.41, 5.74) is -0.435. The Morgan fingerprint density at radius 2 is 1.75 bits per heavy atom. The molecule has 0 aromatic rings. The van der Waals surface area contributed by atoms with Crippen LogP contribution in [0.5, 0.6) is 0 Å². The number of carbonyl (C=O) groups excluding carboxylic acids is 1. The van der Waals surface area contributed by atoms with Gasteiger partial charge >= 0.3 is 6.09 Å². The molecule has 1 saturated carbocycles. The molecule has 0 aromatic carbocycles. The fourth-order valence-electron chi connectivity index (χ4n) is 3.16. The predicted octanol–water partition coefficient (Wildman–Crippen LogP) is 3.57. The Balaban J connectivity index is 1.82. The SMILES string of the molecule is CC(C)(C)OC(=O)N1CCC(C(C#N)C2CCC2)CC1. The van der Waals surface area contributed by atoms with Gasteiger partial charge in [0.2, 0.25) is 0 Å². The van der Waals surface area contributed by atoms with E-state index in [9.17, 15) is 10.1 Å². The van der Waals surface area contributed by atoms with Gasteiger partial charge in [-0.2, -0.15) is 5.26 Å². The first-order valence-corrected chi connectivity index (χ1v) is 7.78. The minimum Gasteiger partial charge on any atom is -0.444 e. The van der Waals surface area contributed by atoms with Crippen LogP contribution in [0.2, 0.25) is 0 Å². The van der Waals surface area contributed by atoms with Crippen LogP contribution in [0.1, 0.15) is 52.9 Å². The van der Waals surface area contributed by atoms with Gasteiger partial charge in [-0.1, -0.05) is 6.42 Å². The summed E-state index contributed by atoms with van der Waals surface area (Å²) in [5.74, 6) is 1.27. The molecule has 0 aromatic heterocycles. The third kappa shape index (κ3) is 3.65. The molecule has 20 heavy (non-hydrogen) atoms. The molecular weight excluding hydrogens is 252 g/mol. The van der Waals surface area contributed by atoms with E-state index in [1.807, 2.05) is 20.8 Å². The van der Waals surface area contributed by atoms with Crippen molar-refractivity contribution >= 4 is 6.09 Å². The van der Waals surface area contributed by atoms with E-state index < -0.39 is 5.60 Å². The summed E-state index contributed by atoms with van der Waals surface area (Å²) in [6.07, 6.45) is 5.37. The molecule has 1 aliphatic carbocycles. The van der Waals surface area contributed by atoms with Crippen molar-refractivity contribution in [1.82, 2.24) is 4.90 Å². The van der Waals surface area contributed by atoms with Crippen molar-refractivity contribution in [2.75, 3.05) is 13.1 Å². The summed E-state index contributed by atoms with van der Waals surface area (Å²) in [6.45, 7) is 7.12. The summed E-state index contributed by atoms with van der Waals surface area (Å²) in [7, 11) is 0. The first kappa shape index (κ1) is 15.2. The van der Waals surface area contributed by atoms with Gasteiger partial charge in [0, 0.05) is 13.1 Å². The van der Waals surface area contributed by atoms with E-state index in [1.165, 1.54) is 19.3 Å². The van der Waals surface area contributed by atoms with Crippen LogP contribution in [-0.4, -0.2) is 29.7 Å². The number of nitriles is 1. The minimum atomic E-state index is -0.435. The number of likely N-dealkylation sites (tertiary alicyclic amines) is 1. The molecule has 2 fully saturated rings. The second-order valence-electron chi connectivity index (χ2n) is 7.15. The number of ether oxygens (including phenoxy) is 1. The fourth-order valence-corrected chi connectivity index (χ4v) is 3.16. The zero-order chi connectivity index (χ0) is 14.8. The Morgan fingerprint density at radius 3 is 2.15 bits per heavy atom. The van der Waals surface area contributed by atoms with E-state index >= 15 is 0 Å². The lowest BCUT2D eigenvalue weighted by Gasteiger charge is -2.39. The third-order valence-electron chi connectivity index (χ3n) is 4.51. The second-order valence-corrected chi connectivity index (χ2v) is 7.15. The zero-order valence-electron chi connectivity index (χ0n) is 12.9. The molecule has 2 aliphatic rings. The van der Waals surface area contributed by atoms with Crippen molar-refractivity contribution in [3.8, 4) is 6.07 Å². The maximum atomic E-state index is 12.0. The highest BCUT2D eigenvalue weighted by molar-refractivity contribution is 5.68. The van der Waals surface area contributed by atoms with Crippen LogP contribution in [0.15, 0.2) is 0 Å². The summed E-state index contributed by atoms with van der Waals surface area (Å²) in [5, 5.41) is 9.39. The maximum Gasteiger partial charge on any atom is 0.410 e. The summed E-state index contributed by atoms with van der Waals surface area (Å²) < 4.78 is 5.40. The lowest BCUT2D eigenvalue weighted by molar-refractivity contribution is 0.0146. The molecule has 4 nitrogen and oxygen atoms in total. The standard InChI is InChI=1S/C16H26N2O2/c1-16(2,3)20-15(19)18-9-7-13(8-10-18)14(11-17)12-5-4-6-12/h12-14H,4-10H2,1-3H3. The van der Waals surface area contributed by atoms with Gasteiger partial charge in [-0.15, -0.1) is 0 Å². The van der Waals surface area contributed by atoms with E-state index in [-0.39, 0.29) is 12.0 Å². The zero-order valence-corrected chi connectivity index (χ0v) is 12.9. The lowest BCUT2D eigenvalue weighted by atomic mass is 9.69. The van der Waals surface area contributed by atoms with Gasteiger partial charge in [0.1, 0.15) is 5.60 Å². The summed E-state index contributed by atoms with van der Waals surface area (Å²) in [6, 6.07) is 2.52. The van der Waals surface area contributed by atoms with Crippen molar-refractivity contribution < 1.29 is 9.53 Å². The predicted molar refractivity (Wildman–Crippen MR) is 77.0 cm³/mol. The molecule has 0 N–H and O–H groups in total. The van der Waals surface area contributed by atoms with Crippen LogP contribution in [0.25, 0.3) is 0 Å². The van der Waals surface area contributed by atoms with Gasteiger partial charge in [-0.3, -0.25) is 0 Å². The number of piperidine rings is 1. The Bertz CT molecular complexity index is 382. The normalized spacial score (nSPS) is 22.8. The maximum absolute atomic E-state index is 12.0. The molecule has 1 saturated heterocycles. The second kappa shape index (κ2) is 6.03. The highest BCUT2D eigenvalue weighted by Gasteiger charge is 2.36. The van der Waals surface area contributed by atoms with Crippen LogP contribution in [0.3, 0.4) is 0 Å². The Kier molecular flexibility index (Phi) is 4.57. The minimum absolute atomic E-state index is 0.199. The van der Waals surface area contributed by atoms with Crippen molar-refractivity contribution in [1.29, 1.82) is 5.26 Å². The van der Waals surface area contributed by atoms with E-state index in [0.717, 1.165) is 25.9 Å². The Hall–Kier alpha value is -1.24. The molecule has 0 bridgehead atoms. The highest BCUT2D eigenvalue weighted by Crippen LogP contribution is 2.40. The molecular formula is C16H26N2O2. The van der Waals surface area contributed by atoms with Crippen LogP contribution in [0.4, 0.5) is 4.79 Å². The fraction of sp³-hybridized carbons (Fsp3) is 0.875. The van der Waals surface area contributed by atoms with Gasteiger partial charge < -0.3 is 9.64 Å². The van der Waals surface area contributed by atoms with Gasteiger partial charge in [0.25, 0.3) is 0 Å². The topological polar surface area (TPSA) is 53.3 Å².